The number of pyridine rings is 1. The second-order valence-corrected chi connectivity index (χ2v) is 12.6. The number of carboxylic acids is 1. The van der Waals surface area contributed by atoms with Gasteiger partial charge in [0.05, 0.1) is 24.1 Å². The molecule has 1 saturated heterocycles. The molecule has 37 heavy (non-hydrogen) atoms. The van der Waals surface area contributed by atoms with Gasteiger partial charge in [-0.05, 0) is 93.9 Å². The lowest BCUT2D eigenvalue weighted by molar-refractivity contribution is -0.141. The molecule has 5 nitrogen and oxygen atoms in total. The van der Waals surface area contributed by atoms with E-state index in [2.05, 4.69) is 21.6 Å². The number of carboxylic acid groups (broad SMARTS) is 1. The molecule has 0 radical (unpaired) electrons. The van der Waals surface area contributed by atoms with Gasteiger partial charge in [0.25, 0.3) is 0 Å². The average molecular weight is 551 g/mol. The van der Waals surface area contributed by atoms with Gasteiger partial charge in [0.2, 0.25) is 0 Å². The van der Waals surface area contributed by atoms with Crippen LogP contribution in [0.3, 0.4) is 0 Å². The largest absolute Gasteiger partial charge is 0.497 e. The molecule has 1 aromatic heterocycles. The smallest absolute Gasteiger partial charge is 0.303 e. The Morgan fingerprint density at radius 1 is 1.30 bits per heavy atom. The van der Waals surface area contributed by atoms with E-state index in [0.717, 1.165) is 37.7 Å². The maximum absolute atomic E-state index is 15.7. The van der Waals surface area contributed by atoms with E-state index in [9.17, 15) is 9.90 Å². The van der Waals surface area contributed by atoms with E-state index in [-0.39, 0.29) is 18.3 Å². The number of thioether (sulfide) groups is 1. The number of alkyl halides is 1. The van der Waals surface area contributed by atoms with E-state index in [1.807, 2.05) is 0 Å². The van der Waals surface area contributed by atoms with Crippen LogP contribution in [0.1, 0.15) is 82.4 Å². The third kappa shape index (κ3) is 7.73. The number of aromatic nitrogens is 1. The normalized spacial score (nSPS) is 19.6. The SMILES string of the molecule is COc1ccc2ncc(Cl)c(C(F)CCC3(CC(=O)O)CCN(CCCSC4CCCCC4)CC3)c2c1. The number of carbonyl (C=O) groups is 1. The molecule has 1 aliphatic heterocycles. The van der Waals surface area contributed by atoms with Crippen LogP contribution in [0.25, 0.3) is 10.9 Å². The summed E-state index contributed by atoms with van der Waals surface area (Å²) in [5.41, 5.74) is 0.707. The quantitative estimate of drug-likeness (QED) is 0.273. The zero-order valence-electron chi connectivity index (χ0n) is 21.9. The minimum absolute atomic E-state index is 0.0870. The van der Waals surface area contributed by atoms with Crippen molar-refractivity contribution in [3.05, 3.63) is 35.0 Å². The molecule has 1 atom stereocenters. The molecule has 0 spiro atoms. The number of benzene rings is 1. The van der Waals surface area contributed by atoms with Gasteiger partial charge in [-0.25, -0.2) is 4.39 Å². The summed E-state index contributed by atoms with van der Waals surface area (Å²) >= 11 is 8.56. The molecule has 1 unspecified atom stereocenters. The number of piperidine rings is 1. The number of fused-ring (bicyclic) bond motifs is 1. The van der Waals surface area contributed by atoms with Gasteiger partial charge in [0, 0.05) is 22.4 Å². The zero-order valence-corrected chi connectivity index (χ0v) is 23.5. The van der Waals surface area contributed by atoms with Crippen molar-refractivity contribution in [1.29, 1.82) is 0 Å². The van der Waals surface area contributed by atoms with Gasteiger partial charge in [0.15, 0.2) is 0 Å². The molecule has 2 fully saturated rings. The van der Waals surface area contributed by atoms with E-state index < -0.39 is 12.1 Å². The summed E-state index contributed by atoms with van der Waals surface area (Å²) in [6.45, 7) is 2.83. The third-order valence-electron chi connectivity index (χ3n) is 8.28. The molecule has 4 rings (SSSR count). The molecule has 8 heteroatoms. The first-order chi connectivity index (χ1) is 17.9. The van der Waals surface area contributed by atoms with Crippen LogP contribution in [-0.2, 0) is 4.79 Å². The maximum atomic E-state index is 15.7. The van der Waals surface area contributed by atoms with E-state index >= 15 is 4.39 Å². The van der Waals surface area contributed by atoms with Crippen molar-refractivity contribution < 1.29 is 19.0 Å². The Labute approximate surface area is 229 Å². The molecule has 2 aliphatic rings. The Morgan fingerprint density at radius 3 is 2.76 bits per heavy atom. The topological polar surface area (TPSA) is 62.7 Å². The van der Waals surface area contributed by atoms with E-state index in [4.69, 9.17) is 16.3 Å². The first-order valence-corrected chi connectivity index (χ1v) is 15.1. The second kappa shape index (κ2) is 13.5. The van der Waals surface area contributed by atoms with Gasteiger partial charge < -0.3 is 14.7 Å². The summed E-state index contributed by atoms with van der Waals surface area (Å²) in [5, 5.41) is 11.5. The number of nitrogens with zero attached hydrogens (tertiary/aromatic N) is 2. The summed E-state index contributed by atoms with van der Waals surface area (Å²) in [4.78, 5) is 18.6. The van der Waals surface area contributed by atoms with Crippen LogP contribution in [0.4, 0.5) is 4.39 Å². The molecular weight excluding hydrogens is 511 g/mol. The van der Waals surface area contributed by atoms with Crippen molar-refractivity contribution >= 4 is 40.2 Å². The monoisotopic (exact) mass is 550 g/mol. The summed E-state index contributed by atoms with van der Waals surface area (Å²) in [6.07, 6.45) is 10.7. The lowest BCUT2D eigenvalue weighted by atomic mass is 9.71. The molecule has 204 valence electrons. The zero-order chi connectivity index (χ0) is 26.3. The highest BCUT2D eigenvalue weighted by molar-refractivity contribution is 7.99. The molecule has 1 N–H and O–H groups in total. The fourth-order valence-corrected chi connectivity index (χ4v) is 7.61. The Balaban J connectivity index is 1.33. The Morgan fingerprint density at radius 2 is 2.05 bits per heavy atom. The van der Waals surface area contributed by atoms with Crippen LogP contribution in [0.5, 0.6) is 5.75 Å². The van der Waals surface area contributed by atoms with Crippen LogP contribution < -0.4 is 4.74 Å². The molecule has 1 saturated carbocycles. The van der Waals surface area contributed by atoms with Crippen LogP contribution in [0.15, 0.2) is 24.4 Å². The molecule has 0 bridgehead atoms. The number of aliphatic carboxylic acids is 1. The van der Waals surface area contributed by atoms with Crippen LogP contribution in [-0.4, -0.2) is 58.7 Å². The highest BCUT2D eigenvalue weighted by Crippen LogP contribution is 2.44. The first kappa shape index (κ1) is 28.4. The first-order valence-electron chi connectivity index (χ1n) is 13.7. The maximum Gasteiger partial charge on any atom is 0.303 e. The van der Waals surface area contributed by atoms with E-state index in [1.165, 1.54) is 50.5 Å². The Bertz CT molecular complexity index is 1040. The fraction of sp³-hybridized carbons (Fsp3) is 0.655. The average Bonchev–Trinajstić information content (AvgIpc) is 2.90. The van der Waals surface area contributed by atoms with Gasteiger partial charge in [-0.3, -0.25) is 9.78 Å². The van der Waals surface area contributed by atoms with Crippen LogP contribution in [0.2, 0.25) is 5.02 Å². The second-order valence-electron chi connectivity index (χ2n) is 10.8. The highest BCUT2D eigenvalue weighted by atomic mass is 35.5. The van der Waals surface area contributed by atoms with Crippen molar-refractivity contribution in [2.45, 2.75) is 82.1 Å². The number of hydrogen-bond donors (Lipinski definition) is 1. The number of methoxy groups -OCH3 is 1. The number of rotatable bonds is 12. The lowest BCUT2D eigenvalue weighted by Gasteiger charge is -2.41. The van der Waals surface area contributed by atoms with E-state index in [0.29, 0.717) is 33.7 Å². The van der Waals surface area contributed by atoms with Crippen molar-refractivity contribution in [3.63, 3.8) is 0 Å². The number of halogens is 2. The van der Waals surface area contributed by atoms with Crippen molar-refractivity contribution in [1.82, 2.24) is 9.88 Å². The molecule has 2 heterocycles. The molecule has 0 amide bonds. The van der Waals surface area contributed by atoms with Crippen molar-refractivity contribution in [3.8, 4) is 5.75 Å². The number of likely N-dealkylation sites (tertiary alicyclic amines) is 1. The lowest BCUT2D eigenvalue weighted by Crippen LogP contribution is -2.41. The van der Waals surface area contributed by atoms with Gasteiger partial charge >= 0.3 is 5.97 Å². The van der Waals surface area contributed by atoms with Gasteiger partial charge in [0.1, 0.15) is 11.9 Å². The highest BCUT2D eigenvalue weighted by Gasteiger charge is 2.37. The van der Waals surface area contributed by atoms with E-state index in [1.54, 1.807) is 25.3 Å². The van der Waals surface area contributed by atoms with Crippen LogP contribution in [0, 0.1) is 5.41 Å². The van der Waals surface area contributed by atoms with Gasteiger partial charge in [-0.2, -0.15) is 11.8 Å². The van der Waals surface area contributed by atoms with Gasteiger partial charge in [-0.1, -0.05) is 30.9 Å². The third-order valence-corrected chi connectivity index (χ3v) is 10.0. The predicted molar refractivity (Wildman–Crippen MR) is 151 cm³/mol. The molecule has 2 aromatic rings. The molecular formula is C29H40ClFN2O3S. The molecule has 1 aliphatic carbocycles. The minimum atomic E-state index is -1.30. The minimum Gasteiger partial charge on any atom is -0.497 e. The summed E-state index contributed by atoms with van der Waals surface area (Å²) < 4.78 is 21.1. The summed E-state index contributed by atoms with van der Waals surface area (Å²) in [6, 6.07) is 5.37. The standard InChI is InChI=1S/C29H40ClFN2O3S/c1-36-21-8-9-26-23(18-21)28(24(30)20-32-26)25(31)10-11-29(19-27(34)35)12-15-33(16-13-29)14-5-17-37-22-6-3-2-4-7-22/h8-9,18,20,22,25H,2-7,10-17,19H2,1H3,(H,34,35). The summed E-state index contributed by atoms with van der Waals surface area (Å²) in [7, 11) is 1.57. The molecule has 1 aromatic carbocycles. The Kier molecular flexibility index (Phi) is 10.4. The van der Waals surface area contributed by atoms with Crippen molar-refractivity contribution in [2.75, 3.05) is 32.5 Å². The fourth-order valence-electron chi connectivity index (χ4n) is 6.05. The summed E-state index contributed by atoms with van der Waals surface area (Å²) in [5.74, 6) is 1.03. The van der Waals surface area contributed by atoms with Crippen molar-refractivity contribution in [2.24, 2.45) is 5.41 Å². The van der Waals surface area contributed by atoms with Crippen LogP contribution >= 0.6 is 23.4 Å². The Hall–Kier alpha value is -1.57. The predicted octanol–water partition coefficient (Wildman–Crippen LogP) is 7.70. The number of hydrogen-bond acceptors (Lipinski definition) is 5. The van der Waals surface area contributed by atoms with Gasteiger partial charge in [-0.15, -0.1) is 0 Å². The number of ether oxygens (including phenoxy) is 1.